The van der Waals surface area contributed by atoms with Crippen LogP contribution in [-0.4, -0.2) is 18.0 Å². The molecule has 1 saturated carbocycles. The molecule has 0 saturated heterocycles. The molecular weight excluding hydrogens is 240 g/mol. The van der Waals surface area contributed by atoms with E-state index in [-0.39, 0.29) is 23.9 Å². The van der Waals surface area contributed by atoms with Crippen LogP contribution in [0.2, 0.25) is 0 Å². The third kappa shape index (κ3) is 3.72. The number of benzene rings is 1. The number of ketones is 1. The van der Waals surface area contributed by atoms with E-state index in [1.807, 2.05) is 45.9 Å². The predicted octanol–water partition coefficient (Wildman–Crippen LogP) is 3.85. The Morgan fingerprint density at radius 1 is 1.11 bits per heavy atom. The Labute approximate surface area is 114 Å². The fraction of sp³-hybridized carbons (Fsp3) is 0.562. The molecule has 1 aliphatic rings. The molecule has 0 radical (unpaired) electrons. The van der Waals surface area contributed by atoms with Crippen LogP contribution in [0.1, 0.15) is 50.9 Å². The van der Waals surface area contributed by atoms with Crippen LogP contribution in [-0.2, 0) is 0 Å². The summed E-state index contributed by atoms with van der Waals surface area (Å²) in [5, 5.41) is 0. The molecule has 0 atom stereocenters. The van der Waals surface area contributed by atoms with E-state index in [2.05, 4.69) is 0 Å². The minimum absolute atomic E-state index is 0.0417. The molecule has 0 unspecified atom stereocenters. The summed E-state index contributed by atoms with van der Waals surface area (Å²) in [6.07, 6.45) is 2.16. The van der Waals surface area contributed by atoms with E-state index in [4.69, 9.17) is 9.47 Å². The summed E-state index contributed by atoms with van der Waals surface area (Å²) in [6.45, 7) is 7.88. The average Bonchev–Trinajstić information content (AvgIpc) is 3.10. The number of rotatable bonds is 6. The zero-order valence-electron chi connectivity index (χ0n) is 12.1. The first-order chi connectivity index (χ1) is 8.97. The van der Waals surface area contributed by atoms with Crippen LogP contribution in [0.3, 0.4) is 0 Å². The molecule has 0 heterocycles. The van der Waals surface area contributed by atoms with Crippen molar-refractivity contribution in [1.29, 1.82) is 0 Å². The molecule has 1 aliphatic carbocycles. The number of ether oxygens (including phenoxy) is 2. The summed E-state index contributed by atoms with van der Waals surface area (Å²) in [5.74, 6) is 1.79. The van der Waals surface area contributed by atoms with Crippen LogP contribution >= 0.6 is 0 Å². The minimum Gasteiger partial charge on any atom is -0.491 e. The smallest absolute Gasteiger partial charge is 0.169 e. The van der Waals surface area contributed by atoms with Gasteiger partial charge < -0.3 is 9.47 Å². The van der Waals surface area contributed by atoms with Crippen molar-refractivity contribution >= 4 is 5.78 Å². The molecule has 0 aromatic heterocycles. The Bertz CT molecular complexity index is 459. The zero-order chi connectivity index (χ0) is 14.0. The van der Waals surface area contributed by atoms with Crippen molar-refractivity contribution in [2.45, 2.75) is 52.7 Å². The second-order valence-electron chi connectivity index (χ2n) is 5.63. The van der Waals surface area contributed by atoms with Crippen LogP contribution < -0.4 is 9.47 Å². The molecule has 0 spiro atoms. The van der Waals surface area contributed by atoms with Crippen LogP contribution in [0.4, 0.5) is 0 Å². The van der Waals surface area contributed by atoms with Gasteiger partial charge in [0.2, 0.25) is 0 Å². The third-order valence-corrected chi connectivity index (χ3v) is 2.90. The van der Waals surface area contributed by atoms with Gasteiger partial charge in [-0.15, -0.1) is 0 Å². The van der Waals surface area contributed by atoms with Crippen molar-refractivity contribution in [3.8, 4) is 11.5 Å². The summed E-state index contributed by atoms with van der Waals surface area (Å²) in [7, 11) is 0. The van der Waals surface area contributed by atoms with Crippen LogP contribution in [0.15, 0.2) is 18.2 Å². The molecule has 1 fully saturated rings. The normalized spacial score (nSPS) is 14.8. The summed E-state index contributed by atoms with van der Waals surface area (Å²) < 4.78 is 11.4. The lowest BCUT2D eigenvalue weighted by molar-refractivity contribution is 0.0961. The molecule has 3 nitrogen and oxygen atoms in total. The summed E-state index contributed by atoms with van der Waals surface area (Å²) >= 11 is 0. The molecule has 0 amide bonds. The molecule has 104 valence electrons. The van der Waals surface area contributed by atoms with Gasteiger partial charge in [-0.3, -0.25) is 4.79 Å². The lowest BCUT2D eigenvalue weighted by atomic mass is 10.1. The fourth-order valence-electron chi connectivity index (χ4n) is 1.97. The van der Waals surface area contributed by atoms with E-state index in [0.717, 1.165) is 18.6 Å². The number of hydrogen-bond donors (Lipinski definition) is 0. The highest BCUT2D eigenvalue weighted by Crippen LogP contribution is 2.36. The fourth-order valence-corrected chi connectivity index (χ4v) is 1.97. The first kappa shape index (κ1) is 13.9. The summed E-state index contributed by atoms with van der Waals surface area (Å²) in [6, 6.07) is 5.51. The van der Waals surface area contributed by atoms with Gasteiger partial charge in [-0.25, -0.2) is 0 Å². The summed E-state index contributed by atoms with van der Waals surface area (Å²) in [5.41, 5.74) is 0.687. The Balaban J connectivity index is 2.27. The summed E-state index contributed by atoms with van der Waals surface area (Å²) in [4.78, 5) is 12.2. The van der Waals surface area contributed by atoms with Crippen LogP contribution in [0, 0.1) is 5.92 Å². The monoisotopic (exact) mass is 262 g/mol. The highest BCUT2D eigenvalue weighted by atomic mass is 16.5. The molecule has 0 aliphatic heterocycles. The van der Waals surface area contributed by atoms with E-state index in [9.17, 15) is 4.79 Å². The van der Waals surface area contributed by atoms with E-state index in [1.165, 1.54) is 0 Å². The SMILES string of the molecule is CC(C)Oc1ccc(C(=O)C2CC2)c(OC(C)C)c1. The zero-order valence-corrected chi connectivity index (χ0v) is 12.1. The van der Waals surface area contributed by atoms with E-state index in [0.29, 0.717) is 11.3 Å². The third-order valence-electron chi connectivity index (χ3n) is 2.90. The molecule has 19 heavy (non-hydrogen) atoms. The number of carbonyl (C=O) groups excluding carboxylic acids is 1. The van der Waals surface area contributed by atoms with Crippen molar-refractivity contribution in [2.24, 2.45) is 5.92 Å². The number of Topliss-reactive ketones (excluding diaryl/α,β-unsaturated/α-hetero) is 1. The van der Waals surface area contributed by atoms with Crippen molar-refractivity contribution < 1.29 is 14.3 Å². The Hall–Kier alpha value is -1.51. The molecule has 0 N–H and O–H groups in total. The lowest BCUT2D eigenvalue weighted by Crippen LogP contribution is -2.12. The molecule has 3 heteroatoms. The van der Waals surface area contributed by atoms with Gasteiger partial charge in [0.1, 0.15) is 11.5 Å². The molecule has 0 bridgehead atoms. The van der Waals surface area contributed by atoms with Crippen molar-refractivity contribution in [1.82, 2.24) is 0 Å². The highest BCUT2D eigenvalue weighted by molar-refractivity contribution is 6.01. The quantitative estimate of drug-likeness (QED) is 0.730. The maximum Gasteiger partial charge on any atom is 0.169 e. The van der Waals surface area contributed by atoms with Crippen molar-refractivity contribution in [2.75, 3.05) is 0 Å². The first-order valence-electron chi connectivity index (χ1n) is 6.99. The molecule has 1 aromatic rings. The van der Waals surface area contributed by atoms with Crippen molar-refractivity contribution in [3.05, 3.63) is 23.8 Å². The molecule has 2 rings (SSSR count). The van der Waals surface area contributed by atoms with Crippen molar-refractivity contribution in [3.63, 3.8) is 0 Å². The molecule has 1 aromatic carbocycles. The first-order valence-corrected chi connectivity index (χ1v) is 6.99. The van der Waals surface area contributed by atoms with Gasteiger partial charge in [0.25, 0.3) is 0 Å². The second-order valence-corrected chi connectivity index (χ2v) is 5.63. The number of hydrogen-bond acceptors (Lipinski definition) is 3. The van der Waals surface area contributed by atoms with Gasteiger partial charge in [0.15, 0.2) is 5.78 Å². The minimum atomic E-state index is 0.0417. The maximum atomic E-state index is 12.2. The predicted molar refractivity (Wildman–Crippen MR) is 75.0 cm³/mol. The molecular formula is C16H22O3. The van der Waals surface area contributed by atoms with Gasteiger partial charge in [-0.05, 0) is 52.7 Å². The van der Waals surface area contributed by atoms with E-state index >= 15 is 0 Å². The van der Waals surface area contributed by atoms with Crippen LogP contribution in [0.25, 0.3) is 0 Å². The second kappa shape index (κ2) is 5.64. The topological polar surface area (TPSA) is 35.5 Å². The van der Waals surface area contributed by atoms with Gasteiger partial charge in [0.05, 0.1) is 17.8 Å². The Morgan fingerprint density at radius 3 is 2.26 bits per heavy atom. The Morgan fingerprint density at radius 2 is 1.74 bits per heavy atom. The van der Waals surface area contributed by atoms with Gasteiger partial charge >= 0.3 is 0 Å². The van der Waals surface area contributed by atoms with Crippen LogP contribution in [0.5, 0.6) is 11.5 Å². The average molecular weight is 262 g/mol. The number of carbonyl (C=O) groups is 1. The lowest BCUT2D eigenvalue weighted by Gasteiger charge is -2.16. The van der Waals surface area contributed by atoms with E-state index < -0.39 is 0 Å². The van der Waals surface area contributed by atoms with Gasteiger partial charge in [-0.2, -0.15) is 0 Å². The Kier molecular flexibility index (Phi) is 4.13. The standard InChI is InChI=1S/C16H22O3/c1-10(2)18-13-7-8-14(16(17)12-5-6-12)15(9-13)19-11(3)4/h7-12H,5-6H2,1-4H3. The largest absolute Gasteiger partial charge is 0.491 e. The van der Waals surface area contributed by atoms with Gasteiger partial charge in [-0.1, -0.05) is 0 Å². The van der Waals surface area contributed by atoms with E-state index in [1.54, 1.807) is 0 Å². The highest BCUT2D eigenvalue weighted by Gasteiger charge is 2.32. The maximum absolute atomic E-state index is 12.2. The van der Waals surface area contributed by atoms with Gasteiger partial charge in [0, 0.05) is 12.0 Å².